The summed E-state index contributed by atoms with van der Waals surface area (Å²) in [5, 5.41) is 2.72. The van der Waals surface area contributed by atoms with Crippen molar-refractivity contribution in [2.24, 2.45) is 5.92 Å². The first-order chi connectivity index (χ1) is 5.61. The third kappa shape index (κ3) is 4.01. The van der Waals surface area contributed by atoms with Crippen LogP contribution in [0.25, 0.3) is 0 Å². The molecule has 0 bridgehead atoms. The number of methoxy groups -OCH3 is 1. The van der Waals surface area contributed by atoms with E-state index in [-0.39, 0.29) is 11.8 Å². The molecule has 0 aliphatic rings. The third-order valence-electron chi connectivity index (χ3n) is 1.68. The lowest BCUT2D eigenvalue weighted by Crippen LogP contribution is -2.24. The molecule has 0 heterocycles. The molecule has 0 aromatic carbocycles. The molecule has 0 aromatic heterocycles. The fourth-order valence-electron chi connectivity index (χ4n) is 0.862. The number of hydrogen-bond acceptors (Lipinski definition) is 2. The predicted molar refractivity (Wildman–Crippen MR) is 48.6 cm³/mol. The summed E-state index contributed by atoms with van der Waals surface area (Å²) in [5.74, 6) is 0.783. The number of hydrogen-bond donors (Lipinski definition) is 1. The average molecular weight is 171 g/mol. The lowest BCUT2D eigenvalue weighted by molar-refractivity contribution is -0.121. The second kappa shape index (κ2) is 5.63. The first kappa shape index (κ1) is 11.0. The van der Waals surface area contributed by atoms with E-state index in [4.69, 9.17) is 4.74 Å². The van der Waals surface area contributed by atoms with Crippen LogP contribution in [0.15, 0.2) is 12.3 Å². The minimum atomic E-state index is 0.0446. The molecular formula is C9H17NO2. The largest absolute Gasteiger partial charge is 0.501 e. The van der Waals surface area contributed by atoms with Crippen molar-refractivity contribution in [2.75, 3.05) is 13.7 Å². The van der Waals surface area contributed by atoms with Gasteiger partial charge in [-0.1, -0.05) is 13.5 Å². The van der Waals surface area contributed by atoms with Gasteiger partial charge in [0.25, 0.3) is 0 Å². The molecule has 0 saturated carbocycles. The molecule has 3 nitrogen and oxygen atoms in total. The smallest absolute Gasteiger partial charge is 0.220 e. The fourth-order valence-corrected chi connectivity index (χ4v) is 0.862. The van der Waals surface area contributed by atoms with Gasteiger partial charge in [-0.25, -0.2) is 0 Å². The second-order valence-corrected chi connectivity index (χ2v) is 2.73. The number of carbonyl (C=O) groups is 1. The first-order valence-electron chi connectivity index (χ1n) is 4.11. The standard InChI is InChI=1S/C9H17NO2/c1-5-10-9(11)6-7(2)8(3)12-4/h7H,3,5-6H2,1-2,4H3,(H,10,11). The van der Waals surface area contributed by atoms with Gasteiger partial charge in [-0.05, 0) is 6.92 Å². The van der Waals surface area contributed by atoms with E-state index in [9.17, 15) is 4.79 Å². The minimum Gasteiger partial charge on any atom is -0.501 e. The van der Waals surface area contributed by atoms with Gasteiger partial charge in [0.15, 0.2) is 0 Å². The van der Waals surface area contributed by atoms with Gasteiger partial charge in [0.05, 0.1) is 12.9 Å². The molecule has 1 unspecified atom stereocenters. The van der Waals surface area contributed by atoms with Crippen molar-refractivity contribution in [1.82, 2.24) is 5.32 Å². The zero-order valence-electron chi connectivity index (χ0n) is 8.02. The quantitative estimate of drug-likeness (QED) is 0.633. The van der Waals surface area contributed by atoms with Gasteiger partial charge in [0, 0.05) is 18.9 Å². The molecule has 0 aliphatic heterocycles. The van der Waals surface area contributed by atoms with Crippen molar-refractivity contribution < 1.29 is 9.53 Å². The number of ether oxygens (including phenoxy) is 1. The summed E-state index contributed by atoms with van der Waals surface area (Å²) < 4.78 is 4.92. The third-order valence-corrected chi connectivity index (χ3v) is 1.68. The van der Waals surface area contributed by atoms with E-state index in [1.807, 2.05) is 13.8 Å². The minimum absolute atomic E-state index is 0.0446. The normalized spacial score (nSPS) is 11.9. The maximum absolute atomic E-state index is 11.1. The Labute approximate surface area is 73.8 Å². The summed E-state index contributed by atoms with van der Waals surface area (Å²) in [4.78, 5) is 11.1. The Bertz CT molecular complexity index is 166. The van der Waals surface area contributed by atoms with Crippen LogP contribution < -0.4 is 5.32 Å². The molecule has 1 amide bonds. The molecule has 0 aliphatic carbocycles. The van der Waals surface area contributed by atoms with E-state index in [0.29, 0.717) is 18.7 Å². The van der Waals surface area contributed by atoms with Crippen LogP contribution in [-0.4, -0.2) is 19.6 Å². The summed E-state index contributed by atoms with van der Waals surface area (Å²) in [6.45, 7) is 8.17. The Balaban J connectivity index is 3.75. The highest BCUT2D eigenvalue weighted by molar-refractivity contribution is 5.76. The van der Waals surface area contributed by atoms with E-state index in [0.717, 1.165) is 0 Å². The molecule has 1 atom stereocenters. The second-order valence-electron chi connectivity index (χ2n) is 2.73. The highest BCUT2D eigenvalue weighted by atomic mass is 16.5. The van der Waals surface area contributed by atoms with Crippen molar-refractivity contribution in [3.8, 4) is 0 Å². The van der Waals surface area contributed by atoms with Crippen molar-refractivity contribution in [3.63, 3.8) is 0 Å². The molecule has 1 N–H and O–H groups in total. The van der Waals surface area contributed by atoms with Crippen LogP contribution in [0.3, 0.4) is 0 Å². The molecule has 0 spiro atoms. The summed E-state index contributed by atoms with van der Waals surface area (Å²) in [6, 6.07) is 0. The van der Waals surface area contributed by atoms with Gasteiger partial charge in [-0.15, -0.1) is 0 Å². The lowest BCUT2D eigenvalue weighted by Gasteiger charge is -2.12. The Morgan fingerprint density at radius 2 is 2.25 bits per heavy atom. The summed E-state index contributed by atoms with van der Waals surface area (Å²) in [6.07, 6.45) is 0.445. The zero-order valence-corrected chi connectivity index (χ0v) is 8.02. The molecular weight excluding hydrogens is 154 g/mol. The molecule has 3 heteroatoms. The molecule has 0 saturated heterocycles. The SMILES string of the molecule is C=C(OC)C(C)CC(=O)NCC. The van der Waals surface area contributed by atoms with Crippen LogP contribution in [0.5, 0.6) is 0 Å². The van der Waals surface area contributed by atoms with Crippen LogP contribution in [0.4, 0.5) is 0 Å². The van der Waals surface area contributed by atoms with Crippen LogP contribution >= 0.6 is 0 Å². The van der Waals surface area contributed by atoms with E-state index >= 15 is 0 Å². The van der Waals surface area contributed by atoms with Crippen molar-refractivity contribution in [3.05, 3.63) is 12.3 Å². The van der Waals surface area contributed by atoms with Crippen molar-refractivity contribution in [1.29, 1.82) is 0 Å². The van der Waals surface area contributed by atoms with Crippen LogP contribution in [0.2, 0.25) is 0 Å². The van der Waals surface area contributed by atoms with E-state index in [1.165, 1.54) is 0 Å². The fraction of sp³-hybridized carbons (Fsp3) is 0.667. The molecule has 70 valence electrons. The lowest BCUT2D eigenvalue weighted by atomic mass is 10.1. The highest BCUT2D eigenvalue weighted by Gasteiger charge is 2.11. The summed E-state index contributed by atoms with van der Waals surface area (Å²) in [5.41, 5.74) is 0. The number of nitrogens with one attached hydrogen (secondary N) is 1. The van der Waals surface area contributed by atoms with Gasteiger partial charge in [-0.2, -0.15) is 0 Å². The van der Waals surface area contributed by atoms with Gasteiger partial charge in [-0.3, -0.25) is 4.79 Å². The number of rotatable bonds is 5. The number of carbonyl (C=O) groups excluding carboxylic acids is 1. The van der Waals surface area contributed by atoms with Crippen LogP contribution in [-0.2, 0) is 9.53 Å². The topological polar surface area (TPSA) is 38.3 Å². The Morgan fingerprint density at radius 3 is 2.67 bits per heavy atom. The van der Waals surface area contributed by atoms with Crippen LogP contribution in [0, 0.1) is 5.92 Å². The van der Waals surface area contributed by atoms with E-state index in [1.54, 1.807) is 7.11 Å². The molecule has 12 heavy (non-hydrogen) atoms. The van der Waals surface area contributed by atoms with Crippen molar-refractivity contribution >= 4 is 5.91 Å². The summed E-state index contributed by atoms with van der Waals surface area (Å²) >= 11 is 0. The number of allylic oxidation sites excluding steroid dienone is 1. The molecule has 0 rings (SSSR count). The molecule has 0 radical (unpaired) electrons. The average Bonchev–Trinajstić information content (AvgIpc) is 2.03. The highest BCUT2D eigenvalue weighted by Crippen LogP contribution is 2.12. The van der Waals surface area contributed by atoms with Gasteiger partial charge in [0.2, 0.25) is 5.91 Å². The zero-order chi connectivity index (χ0) is 9.56. The maximum Gasteiger partial charge on any atom is 0.220 e. The molecule has 0 fully saturated rings. The number of amides is 1. The van der Waals surface area contributed by atoms with Crippen molar-refractivity contribution in [2.45, 2.75) is 20.3 Å². The predicted octanol–water partition coefficient (Wildman–Crippen LogP) is 1.31. The van der Waals surface area contributed by atoms with Gasteiger partial charge in [0.1, 0.15) is 0 Å². The van der Waals surface area contributed by atoms with Gasteiger partial charge >= 0.3 is 0 Å². The Kier molecular flexibility index (Phi) is 5.17. The van der Waals surface area contributed by atoms with E-state index in [2.05, 4.69) is 11.9 Å². The maximum atomic E-state index is 11.1. The Hall–Kier alpha value is -0.990. The van der Waals surface area contributed by atoms with Gasteiger partial charge < -0.3 is 10.1 Å². The van der Waals surface area contributed by atoms with E-state index < -0.39 is 0 Å². The Morgan fingerprint density at radius 1 is 1.67 bits per heavy atom. The monoisotopic (exact) mass is 171 g/mol. The van der Waals surface area contributed by atoms with Crippen LogP contribution in [0.1, 0.15) is 20.3 Å². The first-order valence-corrected chi connectivity index (χ1v) is 4.11. The summed E-state index contributed by atoms with van der Waals surface area (Å²) in [7, 11) is 1.57. The molecule has 0 aromatic rings.